The van der Waals surface area contributed by atoms with Crippen LogP contribution in [0.1, 0.15) is 25.3 Å². The summed E-state index contributed by atoms with van der Waals surface area (Å²) in [6.07, 6.45) is 6.84. The molecule has 3 N–H and O–H groups in total. The van der Waals surface area contributed by atoms with E-state index in [9.17, 15) is 14.4 Å². The van der Waals surface area contributed by atoms with Crippen molar-refractivity contribution in [3.05, 3.63) is 23.8 Å². The maximum absolute atomic E-state index is 12.9. The lowest BCUT2D eigenvalue weighted by Crippen LogP contribution is -2.62. The number of rotatable bonds is 7. The summed E-state index contributed by atoms with van der Waals surface area (Å²) in [6, 6.07) is 5.43. The number of nitrogens with two attached hydrogens (primary N) is 1. The molecule has 0 radical (unpaired) electrons. The molecule has 11 heteroatoms. The molecule has 0 spiro atoms. The van der Waals surface area contributed by atoms with E-state index in [-0.39, 0.29) is 44.0 Å². The maximum Gasteiger partial charge on any atom is 0.332 e. The minimum absolute atomic E-state index is 0.00708. The van der Waals surface area contributed by atoms with Crippen LogP contribution in [0, 0.1) is 12.3 Å². The first kappa shape index (κ1) is 22.8. The number of nitrogens with one attached hydrogen (secondary N) is 1. The fourth-order valence-electron chi connectivity index (χ4n) is 4.18. The van der Waals surface area contributed by atoms with Crippen molar-refractivity contribution in [1.29, 1.82) is 0 Å². The molecule has 174 valence electrons. The normalized spacial score (nSPS) is 18.5. The number of anilines is 1. The minimum Gasteiger partial charge on any atom is -0.375 e. The zero-order valence-corrected chi connectivity index (χ0v) is 19.3. The van der Waals surface area contributed by atoms with Crippen LogP contribution in [-0.4, -0.2) is 81.5 Å². The summed E-state index contributed by atoms with van der Waals surface area (Å²) in [4.78, 5) is 46.0. The number of aromatic nitrogens is 1. The van der Waals surface area contributed by atoms with Crippen LogP contribution < -0.4 is 11.1 Å². The van der Waals surface area contributed by atoms with Crippen LogP contribution in [0.2, 0.25) is 0 Å². The van der Waals surface area contributed by atoms with Crippen LogP contribution in [0.15, 0.2) is 18.2 Å². The van der Waals surface area contributed by atoms with Gasteiger partial charge in [-0.1, -0.05) is 42.7 Å². The fourth-order valence-corrected chi connectivity index (χ4v) is 4.96. The van der Waals surface area contributed by atoms with E-state index in [4.69, 9.17) is 12.2 Å². The Hall–Kier alpha value is -3.36. The van der Waals surface area contributed by atoms with Gasteiger partial charge in [-0.2, -0.15) is 5.01 Å². The molecule has 33 heavy (non-hydrogen) atoms. The van der Waals surface area contributed by atoms with Crippen LogP contribution in [0.5, 0.6) is 0 Å². The topological polar surface area (TPSA) is 115 Å². The number of hydrogen-bond acceptors (Lipinski definition) is 7. The zero-order valence-electron chi connectivity index (χ0n) is 18.5. The maximum atomic E-state index is 12.9. The average molecular weight is 470 g/mol. The number of nitrogen functional groups attached to an aromatic ring is 1. The smallest absolute Gasteiger partial charge is 0.332 e. The number of carbonyl (C=O) groups is 3. The molecule has 2 saturated heterocycles. The largest absolute Gasteiger partial charge is 0.375 e. The van der Waals surface area contributed by atoms with Gasteiger partial charge < -0.3 is 20.9 Å². The number of piperazine rings is 1. The van der Waals surface area contributed by atoms with Gasteiger partial charge in [0.1, 0.15) is 12.7 Å². The van der Waals surface area contributed by atoms with E-state index < -0.39 is 6.17 Å². The molecule has 1 aromatic carbocycles. The van der Waals surface area contributed by atoms with E-state index in [1.807, 2.05) is 25.1 Å². The van der Waals surface area contributed by atoms with Crippen LogP contribution in [0.4, 0.5) is 9.93 Å². The second-order valence-electron chi connectivity index (χ2n) is 8.04. The predicted molar refractivity (Wildman–Crippen MR) is 126 cm³/mol. The Balaban J connectivity index is 1.55. The predicted octanol–water partition coefficient (Wildman–Crippen LogP) is 1.05. The van der Waals surface area contributed by atoms with Crippen molar-refractivity contribution in [3.63, 3.8) is 0 Å². The Morgan fingerprint density at radius 3 is 2.94 bits per heavy atom. The third-order valence-corrected chi connectivity index (χ3v) is 6.69. The minimum atomic E-state index is -0.472. The Labute approximate surface area is 196 Å². The van der Waals surface area contributed by atoms with Crippen molar-refractivity contribution < 1.29 is 14.4 Å². The summed E-state index contributed by atoms with van der Waals surface area (Å²) in [6.45, 7) is 3.13. The Morgan fingerprint density at radius 1 is 1.36 bits per heavy atom. The van der Waals surface area contributed by atoms with Gasteiger partial charge in [0.15, 0.2) is 5.13 Å². The summed E-state index contributed by atoms with van der Waals surface area (Å²) in [7, 11) is 0. The molecule has 0 unspecified atom stereocenters. The first-order chi connectivity index (χ1) is 15.9. The number of benzene rings is 1. The van der Waals surface area contributed by atoms with Crippen LogP contribution in [0.3, 0.4) is 0 Å². The van der Waals surface area contributed by atoms with Gasteiger partial charge in [-0.3, -0.25) is 9.59 Å². The van der Waals surface area contributed by atoms with E-state index in [0.717, 1.165) is 28.6 Å². The van der Waals surface area contributed by atoms with Gasteiger partial charge in [0.25, 0.3) is 0 Å². The van der Waals surface area contributed by atoms with Crippen molar-refractivity contribution >= 4 is 44.5 Å². The highest BCUT2D eigenvalue weighted by Crippen LogP contribution is 2.29. The highest BCUT2D eigenvalue weighted by Gasteiger charge is 2.47. The lowest BCUT2D eigenvalue weighted by Gasteiger charge is -2.42. The number of thiazole rings is 1. The molecule has 0 aliphatic carbocycles. The third kappa shape index (κ3) is 4.58. The standard InChI is InChI=1S/C22H27N7O3S/c1-3-5-9-24-22(32)28(10-4-2)29-14-19(31)27-13-18(30)26(12-17(27)29)11-15-7-6-8-16-20(15)25-21(23)33-16/h2,6-8,17H,3,5,9-14H2,1H3,(H2,23,25)(H,24,32)/t17-/m0/s1. The third-order valence-electron chi connectivity index (χ3n) is 5.84. The summed E-state index contributed by atoms with van der Waals surface area (Å²) in [5.41, 5.74) is 7.54. The van der Waals surface area contributed by atoms with Gasteiger partial charge in [0, 0.05) is 13.1 Å². The number of hydrazine groups is 1. The number of para-hydroxylation sites is 1. The number of nitrogens with zero attached hydrogens (tertiary/aromatic N) is 5. The molecule has 4 rings (SSSR count). The molecule has 2 aliphatic rings. The number of carbonyl (C=O) groups excluding carboxylic acids is 3. The molecule has 1 aromatic heterocycles. The van der Waals surface area contributed by atoms with Gasteiger partial charge in [-0.15, -0.1) is 6.42 Å². The molecule has 2 aromatic rings. The number of hydrogen-bond donors (Lipinski definition) is 2. The second-order valence-corrected chi connectivity index (χ2v) is 9.10. The number of terminal acetylenes is 1. The highest BCUT2D eigenvalue weighted by molar-refractivity contribution is 7.22. The number of urea groups is 1. The van der Waals surface area contributed by atoms with E-state index >= 15 is 0 Å². The fraction of sp³-hybridized carbons (Fsp3) is 0.455. The van der Waals surface area contributed by atoms with Crippen LogP contribution in [-0.2, 0) is 16.1 Å². The SMILES string of the molecule is C#CCN(C(=O)NCCCC)N1CC(=O)N2CC(=O)N(Cc3cccc4sc(N)nc34)C[C@@H]21. The molecule has 3 heterocycles. The van der Waals surface area contributed by atoms with Gasteiger partial charge in [-0.25, -0.2) is 14.8 Å². The summed E-state index contributed by atoms with van der Waals surface area (Å²) >= 11 is 1.40. The number of unbranched alkanes of at least 4 members (excludes halogenated alkanes) is 1. The molecule has 10 nitrogen and oxygen atoms in total. The van der Waals surface area contributed by atoms with Gasteiger partial charge in [0.05, 0.1) is 29.9 Å². The van der Waals surface area contributed by atoms with Crippen LogP contribution in [0.25, 0.3) is 10.2 Å². The molecule has 4 amide bonds. The Kier molecular flexibility index (Phi) is 6.67. The average Bonchev–Trinajstić information content (AvgIpc) is 3.32. The Bertz CT molecular complexity index is 1110. The quantitative estimate of drug-likeness (QED) is 0.463. The molecule has 1 atom stereocenters. The van der Waals surface area contributed by atoms with Crippen LogP contribution >= 0.6 is 11.3 Å². The zero-order chi connectivity index (χ0) is 23.5. The molecule has 0 bridgehead atoms. The number of fused-ring (bicyclic) bond motifs is 2. The number of amides is 4. The summed E-state index contributed by atoms with van der Waals surface area (Å²) in [5.74, 6) is 2.14. The van der Waals surface area contributed by atoms with Gasteiger partial charge in [0.2, 0.25) is 11.8 Å². The molecule has 0 saturated carbocycles. The van der Waals surface area contributed by atoms with E-state index in [1.54, 1.807) is 9.91 Å². The van der Waals surface area contributed by atoms with Crippen molar-refractivity contribution in [3.8, 4) is 12.3 Å². The van der Waals surface area contributed by atoms with E-state index in [1.165, 1.54) is 21.2 Å². The Morgan fingerprint density at radius 2 is 2.18 bits per heavy atom. The summed E-state index contributed by atoms with van der Waals surface area (Å²) in [5, 5.41) is 6.40. The van der Waals surface area contributed by atoms with Crippen molar-refractivity contribution in [2.45, 2.75) is 32.5 Å². The van der Waals surface area contributed by atoms with E-state index in [2.05, 4.69) is 16.2 Å². The van der Waals surface area contributed by atoms with Gasteiger partial charge in [-0.05, 0) is 18.1 Å². The van der Waals surface area contributed by atoms with Gasteiger partial charge >= 0.3 is 6.03 Å². The van der Waals surface area contributed by atoms with Crippen molar-refractivity contribution in [2.75, 3.05) is 38.5 Å². The monoisotopic (exact) mass is 469 g/mol. The first-order valence-corrected chi connectivity index (χ1v) is 11.7. The van der Waals surface area contributed by atoms with Crippen molar-refractivity contribution in [2.24, 2.45) is 0 Å². The first-order valence-electron chi connectivity index (χ1n) is 10.9. The molecular weight excluding hydrogens is 442 g/mol. The lowest BCUT2D eigenvalue weighted by atomic mass is 10.1. The highest BCUT2D eigenvalue weighted by atomic mass is 32.1. The molecule has 2 aliphatic heterocycles. The molecular formula is C22H27N7O3S. The summed E-state index contributed by atoms with van der Waals surface area (Å²) < 4.78 is 0.956. The lowest BCUT2D eigenvalue weighted by molar-refractivity contribution is -0.149. The van der Waals surface area contributed by atoms with E-state index in [0.29, 0.717) is 18.2 Å². The van der Waals surface area contributed by atoms with Crippen molar-refractivity contribution in [1.82, 2.24) is 30.1 Å². The molecule has 2 fully saturated rings. The second kappa shape index (κ2) is 9.64.